The molecule has 2 amide bonds. The van der Waals surface area contributed by atoms with E-state index in [2.05, 4.69) is 10.3 Å². The second-order valence-corrected chi connectivity index (χ2v) is 7.53. The first-order valence-corrected chi connectivity index (χ1v) is 9.73. The van der Waals surface area contributed by atoms with Crippen LogP contribution in [0.3, 0.4) is 0 Å². The Morgan fingerprint density at radius 3 is 2.75 bits per heavy atom. The number of fused-ring (bicyclic) bond motifs is 1. The lowest BCUT2D eigenvalue weighted by Gasteiger charge is -2.34. The van der Waals surface area contributed by atoms with E-state index in [1.807, 2.05) is 24.3 Å². The minimum Gasteiger partial charge on any atom is -0.478 e. The van der Waals surface area contributed by atoms with Gasteiger partial charge in [0.1, 0.15) is 11.0 Å². The third-order valence-corrected chi connectivity index (χ3v) is 5.77. The highest BCUT2D eigenvalue weighted by molar-refractivity contribution is 7.18. The standard InChI is InChI=1S/C20H19N3O4S/c24-19(25)14-7-5-13(6-8-14)11-21-20(26)23-9-10-27-12-16(23)18-22-15-3-1-2-4-17(15)28-18/h1-8,16H,9-12H2,(H,21,26)(H,24,25). The maximum absolute atomic E-state index is 12.8. The quantitative estimate of drug-likeness (QED) is 0.705. The van der Waals surface area contributed by atoms with Gasteiger partial charge in [0.25, 0.3) is 0 Å². The number of amides is 2. The summed E-state index contributed by atoms with van der Waals surface area (Å²) in [5, 5.41) is 12.7. The molecule has 28 heavy (non-hydrogen) atoms. The topological polar surface area (TPSA) is 91.8 Å². The van der Waals surface area contributed by atoms with E-state index < -0.39 is 5.97 Å². The van der Waals surface area contributed by atoms with Crippen LogP contribution in [0.2, 0.25) is 0 Å². The van der Waals surface area contributed by atoms with E-state index in [1.54, 1.807) is 28.4 Å². The van der Waals surface area contributed by atoms with Gasteiger partial charge in [-0.3, -0.25) is 0 Å². The summed E-state index contributed by atoms with van der Waals surface area (Å²) in [6.07, 6.45) is 0. The molecule has 7 nitrogen and oxygen atoms in total. The highest BCUT2D eigenvalue weighted by atomic mass is 32.1. The summed E-state index contributed by atoms with van der Waals surface area (Å²) in [6.45, 7) is 1.72. The van der Waals surface area contributed by atoms with Crippen molar-refractivity contribution in [1.29, 1.82) is 0 Å². The fourth-order valence-corrected chi connectivity index (χ4v) is 4.19. The number of thiazole rings is 1. The number of carboxylic acid groups (broad SMARTS) is 1. The van der Waals surface area contributed by atoms with Gasteiger partial charge < -0.3 is 20.1 Å². The van der Waals surface area contributed by atoms with Crippen LogP contribution < -0.4 is 5.32 Å². The van der Waals surface area contributed by atoms with Crippen molar-refractivity contribution in [3.63, 3.8) is 0 Å². The Morgan fingerprint density at radius 1 is 1.21 bits per heavy atom. The van der Waals surface area contributed by atoms with Crippen molar-refractivity contribution in [3.8, 4) is 0 Å². The number of hydrogen-bond acceptors (Lipinski definition) is 5. The fourth-order valence-electron chi connectivity index (χ4n) is 3.13. The number of carbonyl (C=O) groups is 2. The van der Waals surface area contributed by atoms with Crippen molar-refractivity contribution in [2.75, 3.05) is 19.8 Å². The molecule has 1 fully saturated rings. The number of morpholine rings is 1. The Balaban J connectivity index is 1.46. The number of carboxylic acids is 1. The Labute approximate surface area is 165 Å². The van der Waals surface area contributed by atoms with Crippen LogP contribution in [0, 0.1) is 0 Å². The van der Waals surface area contributed by atoms with Gasteiger partial charge in [-0.15, -0.1) is 11.3 Å². The minimum absolute atomic E-state index is 0.185. The van der Waals surface area contributed by atoms with Crippen LogP contribution in [0.1, 0.15) is 27.0 Å². The number of para-hydroxylation sites is 1. The molecule has 8 heteroatoms. The van der Waals surface area contributed by atoms with Crippen molar-refractivity contribution in [2.24, 2.45) is 0 Å². The van der Waals surface area contributed by atoms with Crippen LogP contribution in [0.4, 0.5) is 4.79 Å². The molecule has 0 spiro atoms. The number of nitrogens with zero attached hydrogens (tertiary/aromatic N) is 2. The van der Waals surface area contributed by atoms with Gasteiger partial charge in [0, 0.05) is 13.1 Å². The molecule has 0 bridgehead atoms. The van der Waals surface area contributed by atoms with Crippen LogP contribution >= 0.6 is 11.3 Å². The number of rotatable bonds is 4. The number of hydrogen-bond donors (Lipinski definition) is 2. The van der Waals surface area contributed by atoms with Gasteiger partial charge in [0.2, 0.25) is 0 Å². The molecule has 1 saturated heterocycles. The molecule has 2 heterocycles. The molecule has 4 rings (SSSR count). The predicted molar refractivity (Wildman–Crippen MR) is 106 cm³/mol. The van der Waals surface area contributed by atoms with Crippen molar-refractivity contribution in [3.05, 3.63) is 64.7 Å². The fraction of sp³-hybridized carbons (Fsp3) is 0.250. The monoisotopic (exact) mass is 397 g/mol. The van der Waals surface area contributed by atoms with E-state index in [4.69, 9.17) is 9.84 Å². The molecular weight excluding hydrogens is 378 g/mol. The van der Waals surface area contributed by atoms with Gasteiger partial charge in [-0.2, -0.15) is 0 Å². The molecule has 144 valence electrons. The Kier molecular flexibility index (Phi) is 5.23. The zero-order valence-electron chi connectivity index (χ0n) is 15.0. The zero-order valence-corrected chi connectivity index (χ0v) is 15.8. The molecule has 1 aliphatic rings. The van der Waals surface area contributed by atoms with E-state index in [-0.39, 0.29) is 17.6 Å². The van der Waals surface area contributed by atoms with Crippen LogP contribution in [0.15, 0.2) is 48.5 Å². The Morgan fingerprint density at radius 2 is 2.00 bits per heavy atom. The lowest BCUT2D eigenvalue weighted by atomic mass is 10.1. The number of benzene rings is 2. The maximum atomic E-state index is 12.8. The average Bonchev–Trinajstić information content (AvgIpc) is 3.16. The summed E-state index contributed by atoms with van der Waals surface area (Å²) in [6, 6.07) is 14.0. The third kappa shape index (κ3) is 3.83. The summed E-state index contributed by atoms with van der Waals surface area (Å²) in [4.78, 5) is 30.1. The van der Waals surface area contributed by atoms with E-state index >= 15 is 0 Å². The van der Waals surface area contributed by atoms with Gasteiger partial charge >= 0.3 is 12.0 Å². The van der Waals surface area contributed by atoms with E-state index in [9.17, 15) is 9.59 Å². The molecule has 0 aliphatic carbocycles. The highest BCUT2D eigenvalue weighted by Gasteiger charge is 2.31. The van der Waals surface area contributed by atoms with Gasteiger partial charge in [-0.1, -0.05) is 24.3 Å². The van der Waals surface area contributed by atoms with Gasteiger partial charge in [0.15, 0.2) is 0 Å². The Hall–Kier alpha value is -2.97. The smallest absolute Gasteiger partial charge is 0.335 e. The normalized spacial score (nSPS) is 16.9. The lowest BCUT2D eigenvalue weighted by Crippen LogP contribution is -2.47. The summed E-state index contributed by atoms with van der Waals surface area (Å²) in [7, 11) is 0. The van der Waals surface area contributed by atoms with Gasteiger partial charge in [-0.05, 0) is 29.8 Å². The third-order valence-electron chi connectivity index (χ3n) is 4.63. The molecule has 1 atom stereocenters. The first-order valence-electron chi connectivity index (χ1n) is 8.92. The second kappa shape index (κ2) is 7.95. The van der Waals surface area contributed by atoms with E-state index in [0.29, 0.717) is 26.3 Å². The first-order chi connectivity index (χ1) is 13.6. The van der Waals surface area contributed by atoms with Gasteiger partial charge in [-0.25, -0.2) is 14.6 Å². The van der Waals surface area contributed by atoms with E-state index in [1.165, 1.54) is 12.1 Å². The molecule has 2 N–H and O–H groups in total. The summed E-state index contributed by atoms with van der Waals surface area (Å²) in [5.41, 5.74) is 1.98. The maximum Gasteiger partial charge on any atom is 0.335 e. The second-order valence-electron chi connectivity index (χ2n) is 6.46. The Bertz CT molecular complexity index is 969. The van der Waals surface area contributed by atoms with Crippen LogP contribution in [0.5, 0.6) is 0 Å². The van der Waals surface area contributed by atoms with Crippen LogP contribution in [0.25, 0.3) is 10.2 Å². The van der Waals surface area contributed by atoms with Gasteiger partial charge in [0.05, 0.1) is 29.0 Å². The molecule has 1 aromatic heterocycles. The minimum atomic E-state index is -0.970. The highest BCUT2D eigenvalue weighted by Crippen LogP contribution is 2.31. The lowest BCUT2D eigenvalue weighted by molar-refractivity contribution is 0.0116. The molecule has 0 radical (unpaired) electrons. The first kappa shape index (κ1) is 18.4. The molecule has 3 aromatic rings. The summed E-state index contributed by atoms with van der Waals surface area (Å²) >= 11 is 1.58. The molecule has 1 unspecified atom stereocenters. The summed E-state index contributed by atoms with van der Waals surface area (Å²) in [5.74, 6) is -0.970. The molecule has 1 aliphatic heterocycles. The predicted octanol–water partition coefficient (Wildman–Crippen LogP) is 3.28. The molecular formula is C20H19N3O4S. The SMILES string of the molecule is O=C(O)c1ccc(CNC(=O)N2CCOCC2c2nc3ccccc3s2)cc1. The van der Waals surface area contributed by atoms with Crippen LogP contribution in [-0.2, 0) is 11.3 Å². The largest absolute Gasteiger partial charge is 0.478 e. The number of carbonyl (C=O) groups excluding carboxylic acids is 1. The average molecular weight is 397 g/mol. The van der Waals surface area contributed by atoms with Crippen LogP contribution in [-0.4, -0.2) is 46.7 Å². The molecule has 0 saturated carbocycles. The van der Waals surface area contributed by atoms with Crippen molar-refractivity contribution in [2.45, 2.75) is 12.6 Å². The van der Waals surface area contributed by atoms with Crippen molar-refractivity contribution >= 4 is 33.6 Å². The zero-order chi connectivity index (χ0) is 19.5. The van der Waals surface area contributed by atoms with E-state index in [0.717, 1.165) is 20.8 Å². The number of aromatic nitrogens is 1. The van der Waals surface area contributed by atoms with Crippen molar-refractivity contribution in [1.82, 2.24) is 15.2 Å². The number of nitrogens with one attached hydrogen (secondary N) is 1. The van der Waals surface area contributed by atoms with Crippen molar-refractivity contribution < 1.29 is 19.4 Å². The molecule has 2 aromatic carbocycles. The summed E-state index contributed by atoms with van der Waals surface area (Å²) < 4.78 is 6.69. The number of ether oxygens (including phenoxy) is 1. The number of urea groups is 1. The number of aromatic carboxylic acids is 1.